The summed E-state index contributed by atoms with van der Waals surface area (Å²) in [5.41, 5.74) is 2.06. The molecule has 0 saturated carbocycles. The van der Waals surface area contributed by atoms with Gasteiger partial charge in [0.1, 0.15) is 0 Å². The lowest BCUT2D eigenvalue weighted by Gasteiger charge is -2.06. The Morgan fingerprint density at radius 3 is 2.35 bits per heavy atom. The van der Waals surface area contributed by atoms with Crippen molar-refractivity contribution in [2.45, 2.75) is 0 Å². The van der Waals surface area contributed by atoms with Crippen LogP contribution in [0, 0.1) is 11.5 Å². The first-order valence-electron chi connectivity index (χ1n) is 5.07. The van der Waals surface area contributed by atoms with Gasteiger partial charge < -0.3 is 4.74 Å². The van der Waals surface area contributed by atoms with Crippen molar-refractivity contribution in [1.29, 1.82) is 5.26 Å². The fraction of sp³-hybridized carbons (Fsp3) is 0. The van der Waals surface area contributed by atoms with Gasteiger partial charge in [-0.15, -0.1) is 5.26 Å². The predicted octanol–water partition coefficient (Wildman–Crippen LogP) is 2.99. The molecule has 2 aromatic carbocycles. The number of hydrogen-bond acceptors (Lipinski definition) is 3. The van der Waals surface area contributed by atoms with E-state index in [1.807, 2.05) is 42.5 Å². The number of carbonyl (C=O) groups excluding carboxylic acids is 1. The normalized spacial score (nSPS) is 9.35. The van der Waals surface area contributed by atoms with E-state index in [0.717, 1.165) is 11.1 Å². The Hall–Kier alpha value is -2.60. The van der Waals surface area contributed by atoms with Crippen LogP contribution in [0.25, 0.3) is 11.1 Å². The summed E-state index contributed by atoms with van der Waals surface area (Å²) in [7, 11) is 0. The maximum Gasteiger partial charge on any atom is 0.354 e. The lowest BCUT2D eigenvalue weighted by atomic mass is 10.00. The molecule has 0 fully saturated rings. The summed E-state index contributed by atoms with van der Waals surface area (Å²) in [4.78, 5) is 11.6. The predicted molar refractivity (Wildman–Crippen MR) is 62.9 cm³/mol. The summed E-state index contributed by atoms with van der Waals surface area (Å²) in [5.74, 6) is -0.632. The highest BCUT2D eigenvalue weighted by Gasteiger charge is 2.13. The summed E-state index contributed by atoms with van der Waals surface area (Å²) in [5, 5.41) is 8.37. The topological polar surface area (TPSA) is 50.1 Å². The molecule has 0 aliphatic heterocycles. The number of esters is 1. The van der Waals surface area contributed by atoms with Crippen molar-refractivity contribution in [2.75, 3.05) is 0 Å². The summed E-state index contributed by atoms with van der Waals surface area (Å²) in [6, 6.07) is 16.5. The minimum atomic E-state index is -0.632. The number of benzene rings is 2. The zero-order valence-electron chi connectivity index (χ0n) is 8.96. The number of ether oxygens (including phenoxy) is 1. The van der Waals surface area contributed by atoms with Crippen LogP contribution in [0.3, 0.4) is 0 Å². The van der Waals surface area contributed by atoms with Crippen LogP contribution in [-0.2, 0) is 4.74 Å². The van der Waals surface area contributed by atoms with E-state index in [-0.39, 0.29) is 0 Å². The van der Waals surface area contributed by atoms with Crippen LogP contribution in [0.4, 0.5) is 0 Å². The van der Waals surface area contributed by atoms with E-state index in [0.29, 0.717) is 5.56 Å². The van der Waals surface area contributed by atoms with Crippen molar-refractivity contribution in [3.8, 4) is 17.4 Å². The van der Waals surface area contributed by atoms with Gasteiger partial charge in [0.05, 0.1) is 5.56 Å². The van der Waals surface area contributed by atoms with Crippen LogP contribution in [0.15, 0.2) is 54.6 Å². The van der Waals surface area contributed by atoms with Crippen LogP contribution in [0.1, 0.15) is 10.4 Å². The van der Waals surface area contributed by atoms with Crippen molar-refractivity contribution in [1.82, 2.24) is 0 Å². The highest BCUT2D eigenvalue weighted by molar-refractivity contribution is 5.97. The number of nitriles is 1. The van der Waals surface area contributed by atoms with Gasteiger partial charge in [-0.05, 0) is 17.2 Å². The average molecular weight is 223 g/mol. The molecule has 3 nitrogen and oxygen atoms in total. The van der Waals surface area contributed by atoms with E-state index >= 15 is 0 Å². The Labute approximate surface area is 98.9 Å². The zero-order valence-corrected chi connectivity index (χ0v) is 8.96. The largest absolute Gasteiger partial charge is 0.354 e. The maximum absolute atomic E-state index is 11.6. The Balaban J connectivity index is 2.49. The summed E-state index contributed by atoms with van der Waals surface area (Å²) >= 11 is 0. The molecule has 82 valence electrons. The van der Waals surface area contributed by atoms with Crippen LogP contribution in [0.2, 0.25) is 0 Å². The number of hydrogen-bond donors (Lipinski definition) is 0. The molecule has 0 amide bonds. The van der Waals surface area contributed by atoms with Crippen molar-refractivity contribution in [2.24, 2.45) is 0 Å². The highest BCUT2D eigenvalue weighted by Crippen LogP contribution is 2.23. The molecule has 0 radical (unpaired) electrons. The van der Waals surface area contributed by atoms with E-state index in [4.69, 9.17) is 5.26 Å². The average Bonchev–Trinajstić information content (AvgIpc) is 2.40. The van der Waals surface area contributed by atoms with E-state index in [1.165, 1.54) is 6.26 Å². The fourth-order valence-electron chi connectivity index (χ4n) is 1.63. The lowest BCUT2D eigenvalue weighted by Crippen LogP contribution is -2.02. The SMILES string of the molecule is N#COC(=O)c1ccccc1-c1ccccc1. The molecule has 0 saturated heterocycles. The van der Waals surface area contributed by atoms with Gasteiger partial charge in [0, 0.05) is 0 Å². The molecule has 0 unspecified atom stereocenters. The second-order valence-corrected chi connectivity index (χ2v) is 3.39. The van der Waals surface area contributed by atoms with Crippen LogP contribution >= 0.6 is 0 Å². The third-order valence-corrected chi connectivity index (χ3v) is 2.37. The van der Waals surface area contributed by atoms with E-state index in [2.05, 4.69) is 4.74 Å². The molecule has 0 aliphatic rings. The van der Waals surface area contributed by atoms with Gasteiger partial charge in [-0.3, -0.25) is 0 Å². The van der Waals surface area contributed by atoms with Crippen molar-refractivity contribution in [3.05, 3.63) is 60.2 Å². The third-order valence-electron chi connectivity index (χ3n) is 2.37. The first-order valence-corrected chi connectivity index (χ1v) is 5.07. The number of nitrogens with zero attached hydrogens (tertiary/aromatic N) is 1. The van der Waals surface area contributed by atoms with Crippen LogP contribution in [0.5, 0.6) is 0 Å². The lowest BCUT2D eigenvalue weighted by molar-refractivity contribution is 0.0686. The van der Waals surface area contributed by atoms with Gasteiger partial charge in [-0.1, -0.05) is 48.5 Å². The zero-order chi connectivity index (χ0) is 12.1. The van der Waals surface area contributed by atoms with Crippen molar-refractivity contribution in [3.63, 3.8) is 0 Å². The van der Waals surface area contributed by atoms with Gasteiger partial charge >= 0.3 is 5.97 Å². The maximum atomic E-state index is 11.6. The molecule has 2 aromatic rings. The van der Waals surface area contributed by atoms with Gasteiger partial charge in [-0.2, -0.15) is 0 Å². The molecule has 0 bridgehead atoms. The van der Waals surface area contributed by atoms with Gasteiger partial charge in [0.25, 0.3) is 6.26 Å². The van der Waals surface area contributed by atoms with E-state index in [9.17, 15) is 4.79 Å². The van der Waals surface area contributed by atoms with Crippen molar-refractivity contribution >= 4 is 5.97 Å². The molecule has 3 heteroatoms. The molecule has 0 atom stereocenters. The monoisotopic (exact) mass is 223 g/mol. The molecule has 0 heterocycles. The van der Waals surface area contributed by atoms with Gasteiger partial charge in [0.15, 0.2) is 0 Å². The standard InChI is InChI=1S/C14H9NO2/c15-10-17-14(16)13-9-5-4-8-12(13)11-6-2-1-3-7-11/h1-9H. The molecule has 0 spiro atoms. The second kappa shape index (κ2) is 4.95. The molecule has 0 aromatic heterocycles. The molecule has 0 N–H and O–H groups in total. The third kappa shape index (κ3) is 2.32. The molecular weight excluding hydrogens is 214 g/mol. The van der Waals surface area contributed by atoms with Gasteiger partial charge in [0.2, 0.25) is 0 Å². The number of carbonyl (C=O) groups is 1. The Morgan fingerprint density at radius 2 is 1.65 bits per heavy atom. The quantitative estimate of drug-likeness (QED) is 0.580. The Morgan fingerprint density at radius 1 is 1.00 bits per heavy atom. The van der Waals surface area contributed by atoms with Crippen LogP contribution < -0.4 is 0 Å². The summed E-state index contributed by atoms with van der Waals surface area (Å²) in [6.07, 6.45) is 1.40. The first-order chi connectivity index (χ1) is 8.33. The summed E-state index contributed by atoms with van der Waals surface area (Å²) < 4.78 is 4.36. The van der Waals surface area contributed by atoms with E-state index < -0.39 is 5.97 Å². The fourth-order valence-corrected chi connectivity index (χ4v) is 1.63. The van der Waals surface area contributed by atoms with Gasteiger partial charge in [-0.25, -0.2) is 4.79 Å². The van der Waals surface area contributed by atoms with E-state index in [1.54, 1.807) is 12.1 Å². The molecule has 17 heavy (non-hydrogen) atoms. The number of rotatable bonds is 2. The molecular formula is C14H9NO2. The molecule has 2 rings (SSSR count). The minimum absolute atomic E-state index is 0.389. The minimum Gasteiger partial charge on any atom is -0.347 e. The van der Waals surface area contributed by atoms with Crippen LogP contribution in [-0.4, -0.2) is 5.97 Å². The molecule has 0 aliphatic carbocycles. The highest BCUT2D eigenvalue weighted by atomic mass is 16.5. The van der Waals surface area contributed by atoms with Crippen molar-refractivity contribution < 1.29 is 9.53 Å². The first kappa shape index (κ1) is 10.9. The Bertz CT molecular complexity index is 570. The second-order valence-electron chi connectivity index (χ2n) is 3.39. The Kier molecular flexibility index (Phi) is 3.18. The summed E-state index contributed by atoms with van der Waals surface area (Å²) in [6.45, 7) is 0. The smallest absolute Gasteiger partial charge is 0.347 e.